The van der Waals surface area contributed by atoms with E-state index in [1.54, 1.807) is 46.3 Å². The van der Waals surface area contributed by atoms with E-state index >= 15 is 0 Å². The first kappa shape index (κ1) is 21.0. The zero-order chi connectivity index (χ0) is 22.0. The molecule has 31 heavy (non-hydrogen) atoms. The molecule has 7 nitrogen and oxygen atoms in total. The predicted octanol–water partition coefficient (Wildman–Crippen LogP) is 3.59. The standard InChI is InChI=1S/C22H21FN4O3S/c1-26(2)9-10-27-18-12-15(7-8-19(18)30-22(27)29)24-21(28)17-13-31-20(25-17)11-14-5-3-4-6-16(14)23/h3-8,12-13H,9-11H2,1-2H3,(H,24,28). The van der Waals surface area contributed by atoms with Crippen molar-refractivity contribution in [2.24, 2.45) is 0 Å². The number of anilines is 1. The summed E-state index contributed by atoms with van der Waals surface area (Å²) in [6.45, 7) is 1.15. The van der Waals surface area contributed by atoms with E-state index in [4.69, 9.17) is 4.42 Å². The van der Waals surface area contributed by atoms with E-state index in [0.29, 0.717) is 46.9 Å². The monoisotopic (exact) mass is 440 g/mol. The zero-order valence-corrected chi connectivity index (χ0v) is 17.9. The molecule has 160 valence electrons. The molecule has 1 amide bonds. The topological polar surface area (TPSA) is 80.4 Å². The predicted molar refractivity (Wildman–Crippen MR) is 118 cm³/mol. The third-order valence-corrected chi connectivity index (χ3v) is 5.63. The van der Waals surface area contributed by atoms with Crippen molar-refractivity contribution in [3.63, 3.8) is 0 Å². The number of amides is 1. The highest BCUT2D eigenvalue weighted by atomic mass is 32.1. The number of halogens is 1. The molecule has 4 rings (SSSR count). The summed E-state index contributed by atoms with van der Waals surface area (Å²) in [4.78, 5) is 31.1. The average Bonchev–Trinajstić information content (AvgIpc) is 3.32. The van der Waals surface area contributed by atoms with Gasteiger partial charge >= 0.3 is 5.76 Å². The van der Waals surface area contributed by atoms with Gasteiger partial charge in [0.15, 0.2) is 5.58 Å². The number of rotatable bonds is 7. The van der Waals surface area contributed by atoms with Gasteiger partial charge in [-0.05, 0) is 43.9 Å². The number of fused-ring (bicyclic) bond motifs is 1. The number of aromatic nitrogens is 2. The number of benzene rings is 2. The number of nitrogens with zero attached hydrogens (tertiary/aromatic N) is 3. The maximum absolute atomic E-state index is 13.9. The van der Waals surface area contributed by atoms with Crippen LogP contribution in [-0.4, -0.2) is 41.0 Å². The number of hydrogen-bond donors (Lipinski definition) is 1. The maximum Gasteiger partial charge on any atom is 0.419 e. The largest absolute Gasteiger partial charge is 0.419 e. The normalized spacial score (nSPS) is 11.4. The first-order chi connectivity index (χ1) is 14.9. The first-order valence-corrected chi connectivity index (χ1v) is 10.6. The van der Waals surface area contributed by atoms with Crippen molar-refractivity contribution in [1.29, 1.82) is 0 Å². The van der Waals surface area contributed by atoms with Crippen molar-refractivity contribution < 1.29 is 13.6 Å². The summed E-state index contributed by atoms with van der Waals surface area (Å²) >= 11 is 1.31. The van der Waals surface area contributed by atoms with E-state index in [9.17, 15) is 14.0 Å². The van der Waals surface area contributed by atoms with Crippen LogP contribution in [0.15, 0.2) is 57.1 Å². The Bertz CT molecular complexity index is 1290. The molecule has 0 aliphatic rings. The third kappa shape index (κ3) is 4.73. The Morgan fingerprint density at radius 3 is 2.84 bits per heavy atom. The molecule has 0 atom stereocenters. The van der Waals surface area contributed by atoms with E-state index in [-0.39, 0.29) is 17.4 Å². The third-order valence-electron chi connectivity index (χ3n) is 4.78. The summed E-state index contributed by atoms with van der Waals surface area (Å²) in [6.07, 6.45) is 0.323. The number of oxazole rings is 1. The number of hydrogen-bond acceptors (Lipinski definition) is 6. The van der Waals surface area contributed by atoms with Crippen LogP contribution >= 0.6 is 11.3 Å². The van der Waals surface area contributed by atoms with Crippen LogP contribution in [0.3, 0.4) is 0 Å². The lowest BCUT2D eigenvalue weighted by Crippen LogP contribution is -2.23. The van der Waals surface area contributed by atoms with Crippen molar-refractivity contribution in [1.82, 2.24) is 14.5 Å². The molecular weight excluding hydrogens is 419 g/mol. The van der Waals surface area contributed by atoms with Crippen molar-refractivity contribution in [3.05, 3.63) is 80.5 Å². The van der Waals surface area contributed by atoms with Gasteiger partial charge in [0, 0.05) is 30.6 Å². The highest BCUT2D eigenvalue weighted by molar-refractivity contribution is 7.09. The molecule has 0 bridgehead atoms. The molecule has 0 aliphatic carbocycles. The molecule has 2 aromatic carbocycles. The van der Waals surface area contributed by atoms with Gasteiger partial charge in [-0.15, -0.1) is 11.3 Å². The highest BCUT2D eigenvalue weighted by Crippen LogP contribution is 2.21. The lowest BCUT2D eigenvalue weighted by Gasteiger charge is -2.09. The van der Waals surface area contributed by atoms with Crippen LogP contribution in [0.4, 0.5) is 10.1 Å². The molecule has 2 heterocycles. The van der Waals surface area contributed by atoms with Crippen molar-refractivity contribution in [2.45, 2.75) is 13.0 Å². The van der Waals surface area contributed by atoms with Gasteiger partial charge in [0.2, 0.25) is 0 Å². The van der Waals surface area contributed by atoms with E-state index in [1.165, 1.54) is 17.4 Å². The van der Waals surface area contributed by atoms with Crippen molar-refractivity contribution in [3.8, 4) is 0 Å². The van der Waals surface area contributed by atoms with Gasteiger partial charge in [0.25, 0.3) is 5.91 Å². The average molecular weight is 441 g/mol. The summed E-state index contributed by atoms with van der Waals surface area (Å²) in [5.41, 5.74) is 2.39. The number of likely N-dealkylation sites (N-methyl/N-ethyl adjacent to an activating group) is 1. The fraction of sp³-hybridized carbons (Fsp3) is 0.227. The molecular formula is C22H21FN4O3S. The van der Waals surface area contributed by atoms with Crippen LogP contribution in [0.5, 0.6) is 0 Å². The Balaban J connectivity index is 1.51. The van der Waals surface area contributed by atoms with Gasteiger partial charge in [-0.2, -0.15) is 0 Å². The molecule has 1 N–H and O–H groups in total. The fourth-order valence-electron chi connectivity index (χ4n) is 3.15. The fourth-order valence-corrected chi connectivity index (χ4v) is 3.95. The lowest BCUT2D eigenvalue weighted by molar-refractivity contribution is 0.102. The van der Waals surface area contributed by atoms with E-state index in [2.05, 4.69) is 10.3 Å². The minimum Gasteiger partial charge on any atom is -0.408 e. The maximum atomic E-state index is 13.9. The molecule has 0 aliphatic heterocycles. The number of thiazole rings is 1. The first-order valence-electron chi connectivity index (χ1n) is 9.68. The summed E-state index contributed by atoms with van der Waals surface area (Å²) < 4.78 is 20.7. The Labute approximate surface area is 181 Å². The summed E-state index contributed by atoms with van der Waals surface area (Å²) in [5, 5.41) is 5.10. The smallest absolute Gasteiger partial charge is 0.408 e. The Kier molecular flexibility index (Phi) is 5.97. The Morgan fingerprint density at radius 1 is 1.26 bits per heavy atom. The van der Waals surface area contributed by atoms with Gasteiger partial charge in [-0.25, -0.2) is 14.2 Å². The van der Waals surface area contributed by atoms with Crippen LogP contribution in [0.1, 0.15) is 21.1 Å². The van der Waals surface area contributed by atoms with Gasteiger partial charge < -0.3 is 14.6 Å². The molecule has 0 spiro atoms. The molecule has 0 saturated heterocycles. The Hall–Kier alpha value is -3.30. The van der Waals surface area contributed by atoms with E-state index < -0.39 is 5.76 Å². The molecule has 0 fully saturated rings. The second kappa shape index (κ2) is 8.83. The van der Waals surface area contributed by atoms with Crippen molar-refractivity contribution >= 4 is 34.0 Å². The van der Waals surface area contributed by atoms with E-state index in [0.717, 1.165) is 0 Å². The van der Waals surface area contributed by atoms with Gasteiger partial charge in [-0.3, -0.25) is 9.36 Å². The molecule has 0 saturated carbocycles. The summed E-state index contributed by atoms with van der Waals surface area (Å²) in [5.74, 6) is -1.10. The summed E-state index contributed by atoms with van der Waals surface area (Å²) in [6, 6.07) is 11.5. The molecule has 9 heteroatoms. The second-order valence-corrected chi connectivity index (χ2v) is 8.30. The molecule has 2 aromatic heterocycles. The van der Waals surface area contributed by atoms with Crippen LogP contribution in [0.2, 0.25) is 0 Å². The van der Waals surface area contributed by atoms with Crippen LogP contribution in [-0.2, 0) is 13.0 Å². The van der Waals surface area contributed by atoms with Gasteiger partial charge in [0.1, 0.15) is 11.5 Å². The number of nitrogens with one attached hydrogen (secondary N) is 1. The summed E-state index contributed by atoms with van der Waals surface area (Å²) in [7, 11) is 3.85. The minimum atomic E-state index is -0.433. The molecule has 0 radical (unpaired) electrons. The zero-order valence-electron chi connectivity index (χ0n) is 17.1. The highest BCUT2D eigenvalue weighted by Gasteiger charge is 2.15. The van der Waals surface area contributed by atoms with Crippen molar-refractivity contribution in [2.75, 3.05) is 26.0 Å². The number of carbonyl (C=O) groups excluding carboxylic acids is 1. The quantitative estimate of drug-likeness (QED) is 0.475. The molecule has 4 aromatic rings. The second-order valence-electron chi connectivity index (χ2n) is 7.35. The van der Waals surface area contributed by atoms with Crippen LogP contribution in [0, 0.1) is 5.82 Å². The van der Waals surface area contributed by atoms with Gasteiger partial charge in [0.05, 0.1) is 10.5 Å². The molecule has 0 unspecified atom stereocenters. The number of carbonyl (C=O) groups is 1. The van der Waals surface area contributed by atoms with Crippen LogP contribution < -0.4 is 11.1 Å². The SMILES string of the molecule is CN(C)CCn1c(=O)oc2ccc(NC(=O)c3csc(Cc4ccccc4F)n3)cc21. The Morgan fingerprint density at radius 2 is 2.06 bits per heavy atom. The van der Waals surface area contributed by atoms with Crippen LogP contribution in [0.25, 0.3) is 11.1 Å². The van der Waals surface area contributed by atoms with E-state index in [1.807, 2.05) is 19.0 Å². The minimum absolute atomic E-state index is 0.258. The van der Waals surface area contributed by atoms with Gasteiger partial charge in [-0.1, -0.05) is 18.2 Å². The lowest BCUT2D eigenvalue weighted by atomic mass is 10.1.